The molecule has 72 valence electrons. The second kappa shape index (κ2) is 2.69. The molecule has 0 unspecified atom stereocenters. The Hall–Kier alpha value is -0.120. The maximum atomic E-state index is 3.47. The third kappa shape index (κ3) is 1.37. The van der Waals surface area contributed by atoms with E-state index in [1.54, 1.807) is 0 Å². The summed E-state index contributed by atoms with van der Waals surface area (Å²) < 4.78 is 0. The van der Waals surface area contributed by atoms with E-state index in [-0.39, 0.29) is 11.3 Å². The molecule has 0 atom stereocenters. The van der Waals surface area contributed by atoms with Crippen LogP contribution < -0.4 is 5.32 Å². The van der Waals surface area contributed by atoms with Gasteiger partial charge in [-0.3, -0.25) is 15.1 Å². The molecule has 0 aromatic rings. The van der Waals surface area contributed by atoms with Crippen molar-refractivity contribution in [2.75, 3.05) is 20.8 Å². The minimum absolute atomic E-state index is 0.0933. The standard InChI is InChI=1S/C9H21N3/c1-8(2)10-7-11(5)9(3,4)12(8)6/h10H,7H2,1-6H3. The Bertz CT molecular complexity index is 175. The van der Waals surface area contributed by atoms with Crippen LogP contribution in [0.5, 0.6) is 0 Å². The summed E-state index contributed by atoms with van der Waals surface area (Å²) in [5, 5.41) is 3.47. The molecule has 3 heteroatoms. The summed E-state index contributed by atoms with van der Waals surface area (Å²) >= 11 is 0. The Kier molecular flexibility index (Phi) is 2.23. The first-order chi connectivity index (χ1) is 5.28. The molecule has 0 saturated carbocycles. The zero-order valence-corrected chi connectivity index (χ0v) is 9.10. The molecular weight excluding hydrogens is 150 g/mol. The van der Waals surface area contributed by atoms with Crippen LogP contribution in [0.25, 0.3) is 0 Å². The molecule has 0 spiro atoms. The molecule has 1 rings (SSSR count). The van der Waals surface area contributed by atoms with Gasteiger partial charge in [0, 0.05) is 0 Å². The Morgan fingerprint density at radius 2 is 1.58 bits per heavy atom. The maximum absolute atomic E-state index is 3.47. The molecule has 1 aliphatic rings. The Morgan fingerprint density at radius 3 is 2.00 bits per heavy atom. The summed E-state index contributed by atoms with van der Waals surface area (Å²) in [6, 6.07) is 0. The van der Waals surface area contributed by atoms with Gasteiger partial charge in [0.1, 0.15) is 0 Å². The topological polar surface area (TPSA) is 18.5 Å². The predicted molar refractivity (Wildman–Crippen MR) is 51.7 cm³/mol. The lowest BCUT2D eigenvalue weighted by atomic mass is 10.0. The smallest absolute Gasteiger partial charge is 0.0699 e. The van der Waals surface area contributed by atoms with Crippen LogP contribution in [0.4, 0.5) is 0 Å². The fourth-order valence-electron chi connectivity index (χ4n) is 1.56. The average Bonchev–Trinajstić information content (AvgIpc) is 1.96. The lowest BCUT2D eigenvalue weighted by molar-refractivity contribution is -0.119. The second-order valence-electron chi connectivity index (χ2n) is 4.65. The SMILES string of the molecule is CN1CNC(C)(C)N(C)C1(C)C. The van der Waals surface area contributed by atoms with E-state index in [4.69, 9.17) is 0 Å². The van der Waals surface area contributed by atoms with Crippen LogP contribution in [0.1, 0.15) is 27.7 Å². The minimum Gasteiger partial charge on any atom is -0.287 e. The Balaban J connectivity index is 2.86. The highest BCUT2D eigenvalue weighted by molar-refractivity contribution is 4.91. The van der Waals surface area contributed by atoms with Gasteiger partial charge in [0.2, 0.25) is 0 Å². The monoisotopic (exact) mass is 171 g/mol. The van der Waals surface area contributed by atoms with Gasteiger partial charge in [-0.2, -0.15) is 0 Å². The van der Waals surface area contributed by atoms with Crippen molar-refractivity contribution in [3.05, 3.63) is 0 Å². The number of nitrogens with one attached hydrogen (secondary N) is 1. The van der Waals surface area contributed by atoms with Gasteiger partial charge in [-0.1, -0.05) is 0 Å². The lowest BCUT2D eigenvalue weighted by Gasteiger charge is -2.55. The fourth-order valence-corrected chi connectivity index (χ4v) is 1.56. The zero-order valence-electron chi connectivity index (χ0n) is 9.10. The van der Waals surface area contributed by atoms with E-state index in [0.29, 0.717) is 0 Å². The normalized spacial score (nSPS) is 30.5. The van der Waals surface area contributed by atoms with E-state index in [1.807, 2.05) is 0 Å². The first kappa shape index (κ1) is 9.96. The number of nitrogens with zero attached hydrogens (tertiary/aromatic N) is 2. The highest BCUT2D eigenvalue weighted by atomic mass is 15.5. The average molecular weight is 171 g/mol. The van der Waals surface area contributed by atoms with Gasteiger partial charge >= 0.3 is 0 Å². The molecule has 3 nitrogen and oxygen atoms in total. The number of rotatable bonds is 0. The van der Waals surface area contributed by atoms with Gasteiger partial charge in [0.05, 0.1) is 18.0 Å². The van der Waals surface area contributed by atoms with Crippen LogP contribution in [0.2, 0.25) is 0 Å². The summed E-state index contributed by atoms with van der Waals surface area (Å²) in [4.78, 5) is 4.65. The van der Waals surface area contributed by atoms with Crippen LogP contribution in [0.3, 0.4) is 0 Å². The molecule has 0 bridgehead atoms. The largest absolute Gasteiger partial charge is 0.287 e. The number of hydrogen-bond donors (Lipinski definition) is 1. The molecule has 0 aliphatic carbocycles. The molecule has 1 fully saturated rings. The van der Waals surface area contributed by atoms with Crippen molar-refractivity contribution in [2.24, 2.45) is 0 Å². The maximum Gasteiger partial charge on any atom is 0.0699 e. The first-order valence-corrected chi connectivity index (χ1v) is 4.49. The Morgan fingerprint density at radius 1 is 1.08 bits per heavy atom. The van der Waals surface area contributed by atoms with Crippen molar-refractivity contribution >= 4 is 0 Å². The quantitative estimate of drug-likeness (QED) is 0.584. The fraction of sp³-hybridized carbons (Fsp3) is 1.00. The third-order valence-corrected chi connectivity index (χ3v) is 3.34. The van der Waals surface area contributed by atoms with Crippen molar-refractivity contribution in [2.45, 2.75) is 39.0 Å². The molecule has 0 aromatic carbocycles. The van der Waals surface area contributed by atoms with Crippen LogP contribution in [0, 0.1) is 0 Å². The molecule has 1 heterocycles. The Labute approximate surface area is 75.7 Å². The van der Waals surface area contributed by atoms with Gasteiger partial charge in [-0.25, -0.2) is 0 Å². The van der Waals surface area contributed by atoms with Crippen LogP contribution in [-0.2, 0) is 0 Å². The van der Waals surface area contributed by atoms with Crippen molar-refractivity contribution in [3.63, 3.8) is 0 Å². The molecule has 0 aromatic heterocycles. The van der Waals surface area contributed by atoms with Gasteiger partial charge in [-0.15, -0.1) is 0 Å². The van der Waals surface area contributed by atoms with Crippen LogP contribution >= 0.6 is 0 Å². The molecule has 1 N–H and O–H groups in total. The predicted octanol–water partition coefficient (Wildman–Crippen LogP) is 0.883. The van der Waals surface area contributed by atoms with E-state index in [0.717, 1.165) is 6.67 Å². The molecule has 0 radical (unpaired) electrons. The summed E-state index contributed by atoms with van der Waals surface area (Å²) in [5.41, 5.74) is 0.227. The molecule has 1 aliphatic heterocycles. The van der Waals surface area contributed by atoms with Crippen molar-refractivity contribution in [1.82, 2.24) is 15.1 Å². The highest BCUT2D eigenvalue weighted by Crippen LogP contribution is 2.27. The van der Waals surface area contributed by atoms with Gasteiger partial charge in [-0.05, 0) is 41.8 Å². The van der Waals surface area contributed by atoms with Gasteiger partial charge in [0.25, 0.3) is 0 Å². The van der Waals surface area contributed by atoms with Gasteiger partial charge < -0.3 is 0 Å². The summed E-state index contributed by atoms with van der Waals surface area (Å²) in [5.74, 6) is 0. The lowest BCUT2D eigenvalue weighted by Crippen LogP contribution is -2.72. The molecule has 0 amide bonds. The minimum atomic E-state index is 0.0933. The zero-order chi connectivity index (χ0) is 9.57. The van der Waals surface area contributed by atoms with E-state index < -0.39 is 0 Å². The van der Waals surface area contributed by atoms with Crippen LogP contribution in [-0.4, -0.2) is 41.9 Å². The highest BCUT2D eigenvalue weighted by Gasteiger charge is 2.41. The summed E-state index contributed by atoms with van der Waals surface area (Å²) in [7, 11) is 4.29. The van der Waals surface area contributed by atoms with E-state index in [9.17, 15) is 0 Å². The third-order valence-electron chi connectivity index (χ3n) is 3.34. The summed E-state index contributed by atoms with van der Waals surface area (Å²) in [6.07, 6.45) is 0. The van der Waals surface area contributed by atoms with E-state index in [1.165, 1.54) is 0 Å². The molecular formula is C9H21N3. The van der Waals surface area contributed by atoms with Crippen molar-refractivity contribution < 1.29 is 0 Å². The van der Waals surface area contributed by atoms with Crippen molar-refractivity contribution in [1.29, 1.82) is 0 Å². The van der Waals surface area contributed by atoms with Crippen molar-refractivity contribution in [3.8, 4) is 0 Å². The first-order valence-electron chi connectivity index (χ1n) is 4.49. The van der Waals surface area contributed by atoms with Gasteiger partial charge in [0.15, 0.2) is 0 Å². The summed E-state index contributed by atoms with van der Waals surface area (Å²) in [6.45, 7) is 9.86. The van der Waals surface area contributed by atoms with Crippen LogP contribution in [0.15, 0.2) is 0 Å². The molecule has 12 heavy (non-hydrogen) atoms. The second-order valence-corrected chi connectivity index (χ2v) is 4.65. The van der Waals surface area contributed by atoms with E-state index in [2.05, 4.69) is 56.9 Å². The van der Waals surface area contributed by atoms with E-state index >= 15 is 0 Å². The molecule has 1 saturated heterocycles. The number of hydrogen-bond acceptors (Lipinski definition) is 3.